The van der Waals surface area contributed by atoms with E-state index in [-0.39, 0.29) is 67.6 Å². The third-order valence-corrected chi connectivity index (χ3v) is 21.4. The van der Waals surface area contributed by atoms with Crippen molar-refractivity contribution in [2.75, 3.05) is 0 Å². The summed E-state index contributed by atoms with van der Waals surface area (Å²) >= 11 is 0. The molecule has 0 aliphatic heterocycles. The van der Waals surface area contributed by atoms with E-state index in [4.69, 9.17) is 0 Å². The first-order chi connectivity index (χ1) is 40.6. The van der Waals surface area contributed by atoms with Gasteiger partial charge in [-0.1, -0.05) is 109 Å². The highest BCUT2D eigenvalue weighted by Gasteiger charge is 2.32. The molecule has 0 spiro atoms. The molecule has 0 amide bonds. The minimum atomic E-state index is -0.539. The Morgan fingerprint density at radius 1 is 0.157 bits per heavy atom. The van der Waals surface area contributed by atoms with Crippen LogP contribution < -0.4 is 0 Å². The van der Waals surface area contributed by atoms with Gasteiger partial charge in [-0.05, 0) is 225 Å². The summed E-state index contributed by atoms with van der Waals surface area (Å²) in [6, 6.07) is 99.4. The van der Waals surface area contributed by atoms with E-state index in [0.717, 1.165) is 34.3 Å². The lowest BCUT2D eigenvalue weighted by Crippen LogP contribution is -2.05. The van der Waals surface area contributed by atoms with Crippen LogP contribution in [0.5, 0.6) is 0 Å². The summed E-state index contributed by atoms with van der Waals surface area (Å²) in [5, 5.41) is 0. The predicted molar refractivity (Wildman–Crippen MR) is 330 cm³/mol. The number of hydrogen-bond acceptors (Lipinski definition) is 0. The standard InChI is InChI=1S/C19H17S.C18H12F3S.C18H13F2S.C18H14FS/c1-16-12-14-19(15-13-16)20(17-8-4-2-5-9-17)18-10-6-3-7-11-18;19-13-1-7-16(8-2-13)22(17-9-3-14(20)4-10-17)18-11-5-15(21)6-12-18;19-14-6-10-17(11-7-14)21(16-4-2-1-3-5-16)18-12-8-15(20)9-13-18;19-15-11-13-18(14-12-15)20(16-7-3-1-4-8-16)17-9-5-2-6-10-17/h2-15H,1H3;1-12H;1-13H;1-14H/q4*+1. The Bertz CT molecular complexity index is 3450. The molecule has 410 valence electrons. The van der Waals surface area contributed by atoms with Gasteiger partial charge >= 0.3 is 0 Å². The van der Waals surface area contributed by atoms with Crippen LogP contribution in [0.15, 0.2) is 380 Å². The highest BCUT2D eigenvalue weighted by Crippen LogP contribution is 2.35. The Labute approximate surface area is 494 Å². The highest BCUT2D eigenvalue weighted by atomic mass is 32.2. The minimum Gasteiger partial charge on any atom is -0.207 e. The second-order valence-corrected chi connectivity index (χ2v) is 26.4. The summed E-state index contributed by atoms with van der Waals surface area (Å²) in [5.74, 6) is -1.65. The molecule has 0 aliphatic rings. The zero-order valence-corrected chi connectivity index (χ0v) is 48.3. The van der Waals surface area contributed by atoms with E-state index in [1.807, 2.05) is 78.9 Å². The van der Waals surface area contributed by atoms with Gasteiger partial charge in [0, 0.05) is 0 Å². The molecule has 0 saturated heterocycles. The number of rotatable bonds is 12. The van der Waals surface area contributed by atoms with Crippen molar-refractivity contribution >= 4 is 43.6 Å². The molecule has 0 aliphatic carbocycles. The summed E-state index contributed by atoms with van der Waals surface area (Å²) in [7, 11) is -1.12. The average Bonchev–Trinajstić information content (AvgIpc) is 3.58. The molecule has 12 aromatic carbocycles. The molecule has 0 saturated carbocycles. The second kappa shape index (κ2) is 30.1. The molecule has 0 fully saturated rings. The quantitative estimate of drug-likeness (QED) is 0.0845. The number of benzene rings is 12. The molecular weight excluding hydrogens is 1120 g/mol. The van der Waals surface area contributed by atoms with Crippen LogP contribution >= 0.6 is 0 Å². The highest BCUT2D eigenvalue weighted by molar-refractivity contribution is 7.98. The van der Waals surface area contributed by atoms with Gasteiger partial charge in [0.2, 0.25) is 0 Å². The number of halogens is 6. The van der Waals surface area contributed by atoms with Crippen LogP contribution in [0, 0.1) is 41.8 Å². The van der Waals surface area contributed by atoms with Crippen molar-refractivity contribution in [1.29, 1.82) is 0 Å². The van der Waals surface area contributed by atoms with Crippen LogP contribution in [0.3, 0.4) is 0 Å². The van der Waals surface area contributed by atoms with E-state index in [9.17, 15) is 26.3 Å². The Morgan fingerprint density at radius 3 is 0.422 bits per heavy atom. The lowest BCUT2D eigenvalue weighted by Gasteiger charge is -2.08. The number of hydrogen-bond donors (Lipinski definition) is 0. The van der Waals surface area contributed by atoms with E-state index >= 15 is 0 Å². The van der Waals surface area contributed by atoms with Gasteiger partial charge in [0.15, 0.2) is 58.7 Å². The van der Waals surface area contributed by atoms with Gasteiger partial charge in [0.25, 0.3) is 0 Å². The number of aryl methyl sites for hydroxylation is 1. The molecule has 0 unspecified atom stereocenters. The van der Waals surface area contributed by atoms with Gasteiger partial charge in [-0.2, -0.15) is 0 Å². The minimum absolute atomic E-state index is 0.0229. The van der Waals surface area contributed by atoms with Gasteiger partial charge in [-0.3, -0.25) is 0 Å². The summed E-state index contributed by atoms with van der Waals surface area (Å²) in [4.78, 5) is 13.5. The first kappa shape index (κ1) is 59.2. The van der Waals surface area contributed by atoms with Crippen LogP contribution in [0.2, 0.25) is 0 Å². The smallest absolute Gasteiger partial charge is 0.166 e. The molecule has 0 bridgehead atoms. The maximum atomic E-state index is 13.2. The first-order valence-corrected chi connectivity index (χ1v) is 31.3. The maximum absolute atomic E-state index is 13.2. The van der Waals surface area contributed by atoms with Crippen molar-refractivity contribution in [1.82, 2.24) is 0 Å². The summed E-state index contributed by atoms with van der Waals surface area (Å²) < 4.78 is 79.0. The third kappa shape index (κ3) is 16.9. The van der Waals surface area contributed by atoms with Crippen LogP contribution in [0.25, 0.3) is 0 Å². The van der Waals surface area contributed by atoms with Crippen molar-refractivity contribution in [3.05, 3.63) is 362 Å². The van der Waals surface area contributed by atoms with Gasteiger partial charge in [-0.25, -0.2) is 26.3 Å². The van der Waals surface area contributed by atoms with E-state index in [1.165, 1.54) is 103 Å². The molecule has 0 radical (unpaired) electrons. The topological polar surface area (TPSA) is 0 Å². The maximum Gasteiger partial charge on any atom is 0.166 e. The van der Waals surface area contributed by atoms with Gasteiger partial charge in [0.05, 0.1) is 43.6 Å². The van der Waals surface area contributed by atoms with Gasteiger partial charge < -0.3 is 0 Å². The van der Waals surface area contributed by atoms with Crippen LogP contribution in [0.4, 0.5) is 26.3 Å². The molecule has 0 aromatic heterocycles. The molecule has 0 atom stereocenters. The lowest BCUT2D eigenvalue weighted by molar-refractivity contribution is 0.625. The molecule has 0 N–H and O–H groups in total. The molecular formula is C73H56F6S4+4. The molecule has 83 heavy (non-hydrogen) atoms. The van der Waals surface area contributed by atoms with E-state index in [0.29, 0.717) is 0 Å². The molecule has 10 heteroatoms. The van der Waals surface area contributed by atoms with Crippen molar-refractivity contribution in [2.45, 2.75) is 65.7 Å². The van der Waals surface area contributed by atoms with Crippen molar-refractivity contribution in [2.24, 2.45) is 0 Å². The molecule has 0 heterocycles. The van der Waals surface area contributed by atoms with Crippen LogP contribution in [-0.4, -0.2) is 0 Å². The van der Waals surface area contributed by atoms with Gasteiger partial charge in [-0.15, -0.1) is 0 Å². The third-order valence-electron chi connectivity index (χ3n) is 12.4. The normalized spacial score (nSPS) is 10.8. The zero-order chi connectivity index (χ0) is 57.8. The fourth-order valence-corrected chi connectivity index (χ4v) is 16.8. The van der Waals surface area contributed by atoms with Crippen LogP contribution in [-0.2, 0) is 43.6 Å². The predicted octanol–water partition coefficient (Wildman–Crippen LogP) is 20.3. The SMILES string of the molecule is Cc1ccc([S+](c2ccccc2)c2ccccc2)cc1.Fc1ccc([S+](c2ccc(F)cc2)c2ccc(F)cc2)cc1.Fc1ccc([S+](c2ccccc2)c2ccc(F)cc2)cc1.Fc1ccc([S+](c2ccccc2)c2ccccc2)cc1. The lowest BCUT2D eigenvalue weighted by atomic mass is 10.2. The Morgan fingerprint density at radius 2 is 0.277 bits per heavy atom. The summed E-state index contributed by atoms with van der Waals surface area (Å²) in [6.07, 6.45) is 0. The summed E-state index contributed by atoms with van der Waals surface area (Å²) in [5.41, 5.74) is 1.30. The molecule has 12 aromatic rings. The Kier molecular flexibility index (Phi) is 21.5. The fourth-order valence-electron chi connectivity index (χ4n) is 8.51. The summed E-state index contributed by atoms with van der Waals surface area (Å²) in [6.45, 7) is 2.13. The second-order valence-electron chi connectivity index (χ2n) is 18.3. The Balaban J connectivity index is 0.000000133. The van der Waals surface area contributed by atoms with E-state index in [1.54, 1.807) is 60.7 Å². The largest absolute Gasteiger partial charge is 0.207 e. The average molecular weight is 1180 g/mol. The van der Waals surface area contributed by atoms with Gasteiger partial charge in [0.1, 0.15) is 34.9 Å². The molecule has 12 rings (SSSR count). The monoisotopic (exact) mass is 1170 g/mol. The fraction of sp³-hybridized carbons (Fsp3) is 0.0137. The zero-order valence-electron chi connectivity index (χ0n) is 45.0. The van der Waals surface area contributed by atoms with E-state index in [2.05, 4.69) is 116 Å². The van der Waals surface area contributed by atoms with E-state index < -0.39 is 10.9 Å². The molecule has 0 nitrogen and oxygen atoms in total. The first-order valence-electron chi connectivity index (χ1n) is 26.4. The van der Waals surface area contributed by atoms with Crippen molar-refractivity contribution < 1.29 is 26.3 Å². The Hall–Kier alpha value is -8.38. The van der Waals surface area contributed by atoms with Crippen LogP contribution in [0.1, 0.15) is 5.56 Å². The van der Waals surface area contributed by atoms with Crippen molar-refractivity contribution in [3.8, 4) is 0 Å². The van der Waals surface area contributed by atoms with Crippen molar-refractivity contribution in [3.63, 3.8) is 0 Å².